The fourth-order valence-electron chi connectivity index (χ4n) is 0.969. The average molecular weight is 138 g/mol. The van der Waals surface area contributed by atoms with Crippen LogP contribution in [0, 0.1) is 0 Å². The van der Waals surface area contributed by atoms with Crippen molar-refractivity contribution in [2.75, 3.05) is 0 Å². The Balaban J connectivity index is 2.59. The number of hydrogen-bond acceptors (Lipinski definition) is 1. The molecule has 0 aliphatic heterocycles. The lowest BCUT2D eigenvalue weighted by molar-refractivity contribution is 0.644. The normalized spacial score (nSPS) is 10.2. The molecular formula is C8H14N2. The Morgan fingerprint density at radius 3 is 2.80 bits per heavy atom. The molecule has 1 heterocycles. The van der Waals surface area contributed by atoms with Gasteiger partial charge in [0.15, 0.2) is 0 Å². The highest BCUT2D eigenvalue weighted by Crippen LogP contribution is 1.98. The van der Waals surface area contributed by atoms with E-state index in [0.29, 0.717) is 0 Å². The molecule has 0 fully saturated rings. The predicted octanol–water partition coefficient (Wildman–Crippen LogP) is 1.86. The molecule has 0 N–H and O–H groups in total. The molecule has 0 amide bonds. The van der Waals surface area contributed by atoms with Crippen LogP contribution >= 0.6 is 0 Å². The van der Waals surface area contributed by atoms with E-state index in [-0.39, 0.29) is 0 Å². The smallest absolute Gasteiger partial charge is 0.0624 e. The molecule has 1 aromatic rings. The Morgan fingerprint density at radius 2 is 2.30 bits per heavy atom. The van der Waals surface area contributed by atoms with Gasteiger partial charge in [0.1, 0.15) is 0 Å². The molecule has 0 saturated carbocycles. The highest BCUT2D eigenvalue weighted by atomic mass is 15.3. The van der Waals surface area contributed by atoms with E-state index < -0.39 is 0 Å². The third kappa shape index (κ3) is 1.59. The molecule has 0 aliphatic rings. The summed E-state index contributed by atoms with van der Waals surface area (Å²) in [6, 6.07) is 2.09. The molecule has 0 bridgehead atoms. The summed E-state index contributed by atoms with van der Waals surface area (Å²) in [7, 11) is 0. The lowest BCUT2D eigenvalue weighted by atomic mass is 10.3. The van der Waals surface area contributed by atoms with Crippen LogP contribution in [0.3, 0.4) is 0 Å². The lowest BCUT2D eigenvalue weighted by Gasteiger charge is -1.92. The fourth-order valence-corrected chi connectivity index (χ4v) is 0.969. The second-order valence-electron chi connectivity index (χ2n) is 2.41. The van der Waals surface area contributed by atoms with Gasteiger partial charge in [0.05, 0.1) is 5.69 Å². The molecule has 56 valence electrons. The third-order valence-electron chi connectivity index (χ3n) is 1.53. The minimum atomic E-state index is 0.976. The molecule has 0 aromatic carbocycles. The maximum atomic E-state index is 4.34. The molecule has 0 unspecified atom stereocenters. The van der Waals surface area contributed by atoms with Gasteiger partial charge >= 0.3 is 0 Å². The highest BCUT2D eigenvalue weighted by Gasteiger charge is 1.93. The first-order valence-electron chi connectivity index (χ1n) is 3.89. The summed E-state index contributed by atoms with van der Waals surface area (Å²) >= 11 is 0. The van der Waals surface area contributed by atoms with Gasteiger partial charge in [-0.2, -0.15) is 5.10 Å². The van der Waals surface area contributed by atoms with E-state index in [0.717, 1.165) is 13.0 Å². The van der Waals surface area contributed by atoms with Crippen molar-refractivity contribution in [3.05, 3.63) is 18.0 Å². The first-order valence-corrected chi connectivity index (χ1v) is 3.89. The number of hydrogen-bond donors (Lipinski definition) is 0. The zero-order valence-electron chi connectivity index (χ0n) is 6.67. The number of aryl methyl sites for hydroxylation is 2. The lowest BCUT2D eigenvalue weighted by Crippen LogP contribution is -1.95. The zero-order valence-corrected chi connectivity index (χ0v) is 6.67. The van der Waals surface area contributed by atoms with Gasteiger partial charge in [0.25, 0.3) is 0 Å². The summed E-state index contributed by atoms with van der Waals surface area (Å²) in [5, 5.41) is 4.34. The van der Waals surface area contributed by atoms with Crippen molar-refractivity contribution in [3.8, 4) is 0 Å². The van der Waals surface area contributed by atoms with Crippen molar-refractivity contribution in [1.82, 2.24) is 9.78 Å². The Morgan fingerprint density at radius 1 is 1.50 bits per heavy atom. The van der Waals surface area contributed by atoms with Crippen molar-refractivity contribution in [3.63, 3.8) is 0 Å². The van der Waals surface area contributed by atoms with E-state index in [1.165, 1.54) is 12.1 Å². The monoisotopic (exact) mass is 138 g/mol. The van der Waals surface area contributed by atoms with Gasteiger partial charge in [0, 0.05) is 12.7 Å². The minimum absolute atomic E-state index is 0.976. The Kier molecular flexibility index (Phi) is 2.49. The number of aromatic nitrogens is 2. The maximum Gasteiger partial charge on any atom is 0.0624 e. The largest absolute Gasteiger partial charge is 0.273 e. The van der Waals surface area contributed by atoms with Crippen LogP contribution in [0.25, 0.3) is 0 Å². The topological polar surface area (TPSA) is 17.8 Å². The highest BCUT2D eigenvalue weighted by molar-refractivity contribution is 4.98. The van der Waals surface area contributed by atoms with Gasteiger partial charge in [-0.25, -0.2) is 0 Å². The van der Waals surface area contributed by atoms with Gasteiger partial charge in [0.2, 0.25) is 0 Å². The van der Waals surface area contributed by atoms with Crippen LogP contribution in [0.4, 0.5) is 0 Å². The van der Waals surface area contributed by atoms with Crippen molar-refractivity contribution in [1.29, 1.82) is 0 Å². The van der Waals surface area contributed by atoms with Crippen molar-refractivity contribution < 1.29 is 0 Å². The van der Waals surface area contributed by atoms with Crippen LogP contribution in [-0.2, 0) is 13.0 Å². The molecule has 2 heteroatoms. The second kappa shape index (κ2) is 3.40. The van der Waals surface area contributed by atoms with Crippen LogP contribution in [0.5, 0.6) is 0 Å². The molecule has 0 atom stereocenters. The van der Waals surface area contributed by atoms with Crippen LogP contribution < -0.4 is 0 Å². The molecule has 0 aliphatic carbocycles. The van der Waals surface area contributed by atoms with E-state index >= 15 is 0 Å². The molecule has 0 radical (unpaired) electrons. The first-order chi connectivity index (χ1) is 4.86. The summed E-state index contributed by atoms with van der Waals surface area (Å²) in [4.78, 5) is 0. The quantitative estimate of drug-likeness (QED) is 0.623. The number of rotatable bonds is 3. The summed E-state index contributed by atoms with van der Waals surface area (Å²) in [5.41, 5.74) is 1.21. The third-order valence-corrected chi connectivity index (χ3v) is 1.53. The van der Waals surface area contributed by atoms with Crippen molar-refractivity contribution in [2.24, 2.45) is 0 Å². The SMILES string of the molecule is CCCc1ccn(CC)n1. The van der Waals surface area contributed by atoms with Gasteiger partial charge in [-0.05, 0) is 19.4 Å². The maximum absolute atomic E-state index is 4.34. The van der Waals surface area contributed by atoms with Crippen LogP contribution in [0.1, 0.15) is 26.0 Å². The van der Waals surface area contributed by atoms with Crippen LogP contribution in [-0.4, -0.2) is 9.78 Å². The zero-order chi connectivity index (χ0) is 7.40. The molecule has 1 aromatic heterocycles. The molecular weight excluding hydrogens is 124 g/mol. The molecule has 0 spiro atoms. The minimum Gasteiger partial charge on any atom is -0.273 e. The Labute approximate surface area is 61.9 Å². The van der Waals surface area contributed by atoms with Crippen molar-refractivity contribution >= 4 is 0 Å². The number of nitrogens with zero attached hydrogens (tertiary/aromatic N) is 2. The van der Waals surface area contributed by atoms with Gasteiger partial charge in [-0.3, -0.25) is 4.68 Å². The van der Waals surface area contributed by atoms with Gasteiger partial charge < -0.3 is 0 Å². The summed E-state index contributed by atoms with van der Waals surface area (Å²) in [5.74, 6) is 0. The summed E-state index contributed by atoms with van der Waals surface area (Å²) < 4.78 is 1.96. The predicted molar refractivity (Wildman–Crippen MR) is 41.9 cm³/mol. The van der Waals surface area contributed by atoms with E-state index in [1.54, 1.807) is 0 Å². The van der Waals surface area contributed by atoms with E-state index in [2.05, 4.69) is 25.0 Å². The van der Waals surface area contributed by atoms with E-state index in [9.17, 15) is 0 Å². The van der Waals surface area contributed by atoms with Crippen LogP contribution in [0.15, 0.2) is 12.3 Å². The molecule has 1 rings (SSSR count). The summed E-state index contributed by atoms with van der Waals surface area (Å²) in [6.07, 6.45) is 4.32. The van der Waals surface area contributed by atoms with Crippen LogP contribution in [0.2, 0.25) is 0 Å². The van der Waals surface area contributed by atoms with Gasteiger partial charge in [-0.15, -0.1) is 0 Å². The first kappa shape index (κ1) is 7.32. The van der Waals surface area contributed by atoms with Gasteiger partial charge in [-0.1, -0.05) is 13.3 Å². The Bertz CT molecular complexity index is 191. The molecule has 0 saturated heterocycles. The van der Waals surface area contributed by atoms with E-state index in [1.807, 2.05) is 10.9 Å². The van der Waals surface area contributed by atoms with E-state index in [4.69, 9.17) is 0 Å². The second-order valence-corrected chi connectivity index (χ2v) is 2.41. The fraction of sp³-hybridized carbons (Fsp3) is 0.625. The van der Waals surface area contributed by atoms with Crippen molar-refractivity contribution in [2.45, 2.75) is 33.2 Å². The molecule has 10 heavy (non-hydrogen) atoms. The Hall–Kier alpha value is -0.790. The average Bonchev–Trinajstić information content (AvgIpc) is 2.37. The summed E-state index contributed by atoms with van der Waals surface area (Å²) in [6.45, 7) is 5.25. The molecule has 2 nitrogen and oxygen atoms in total. The standard InChI is InChI=1S/C8H14N2/c1-3-5-8-6-7-10(4-2)9-8/h6-7H,3-5H2,1-2H3.